The molecule has 1 aromatic carbocycles. The minimum Gasteiger partial charge on any atom is -0.482 e. The van der Waals surface area contributed by atoms with Gasteiger partial charge in [-0.05, 0) is 87.8 Å². The van der Waals surface area contributed by atoms with Crippen LogP contribution in [0.2, 0.25) is 0 Å². The summed E-state index contributed by atoms with van der Waals surface area (Å²) in [5, 5.41) is 4.15. The van der Waals surface area contributed by atoms with Crippen LogP contribution < -0.4 is 15.8 Å². The summed E-state index contributed by atoms with van der Waals surface area (Å²) < 4.78 is 10.4. The van der Waals surface area contributed by atoms with Crippen molar-refractivity contribution in [2.75, 3.05) is 20.2 Å². The van der Waals surface area contributed by atoms with E-state index in [-0.39, 0.29) is 23.9 Å². The number of benzene rings is 1. The van der Waals surface area contributed by atoms with Gasteiger partial charge < -0.3 is 25.3 Å². The number of piperidine rings is 1. The Morgan fingerprint density at radius 3 is 2.53 bits per heavy atom. The molecule has 0 radical (unpaired) electrons. The number of hydrogen-bond donors (Lipinski definition) is 2. The quantitative estimate of drug-likeness (QED) is 0.215. The van der Waals surface area contributed by atoms with E-state index in [1.54, 1.807) is 7.11 Å². The number of amides is 2. The zero-order valence-corrected chi connectivity index (χ0v) is 27.0. The topological polar surface area (TPSA) is 120 Å². The van der Waals surface area contributed by atoms with E-state index >= 15 is 0 Å². The Balaban J connectivity index is 1.21. The number of likely N-dealkylation sites (tertiary alicyclic amines) is 1. The second kappa shape index (κ2) is 11.8. The third-order valence-electron chi connectivity index (χ3n) is 9.86. The summed E-state index contributed by atoms with van der Waals surface area (Å²) in [4.78, 5) is 38.8. The fourth-order valence-electron chi connectivity index (χ4n) is 7.00. The number of aromatic nitrogens is 4. The van der Waals surface area contributed by atoms with Crippen molar-refractivity contribution in [2.45, 2.75) is 70.0 Å². The van der Waals surface area contributed by atoms with E-state index in [1.165, 1.54) is 12.8 Å². The number of nitrogens with zero attached hydrogens (tertiary/aromatic N) is 5. The Labute approximate surface area is 273 Å². The number of carbonyl (C=O) groups excluding carboxylic acids is 2. The van der Waals surface area contributed by atoms with Gasteiger partial charge >= 0.3 is 0 Å². The number of methoxy groups -OCH3 is 1. The van der Waals surface area contributed by atoms with Crippen molar-refractivity contribution in [3.63, 3.8) is 0 Å². The third-order valence-corrected chi connectivity index (χ3v) is 9.86. The average Bonchev–Trinajstić information content (AvgIpc) is 4.03. The molecular weight excluding hydrogens is 590 g/mol. The molecule has 3 fully saturated rings. The van der Waals surface area contributed by atoms with Gasteiger partial charge in [0.2, 0.25) is 0 Å². The molecule has 2 saturated carbocycles. The standard InChI is InChI=1S/C37H41N7O3/c1-22(39-36(45)25-7-4-3-5-8-25)29-15-14-26-17-30(43(35(26)40-29)20-23-10-11-23)33-34(24-12-13-24)44-31(41-33)18-27(19-32(44)47-2)37(46)42-16-6-9-28(38)21-42/h3-5,7-8,14-15,17-19,22-24,28H,6,9-13,16,20-21,38H2,1-2H3,(H,39,45)/t22-,28-/m1/s1. The summed E-state index contributed by atoms with van der Waals surface area (Å²) in [6.07, 6.45) is 6.41. The highest BCUT2D eigenvalue weighted by molar-refractivity contribution is 5.96. The van der Waals surface area contributed by atoms with Gasteiger partial charge in [-0.2, -0.15) is 0 Å². The Kier molecular flexibility index (Phi) is 7.47. The van der Waals surface area contributed by atoms with Crippen LogP contribution in [-0.4, -0.2) is 61.9 Å². The van der Waals surface area contributed by atoms with Gasteiger partial charge in [0, 0.05) is 54.2 Å². The van der Waals surface area contributed by atoms with Crippen molar-refractivity contribution in [1.29, 1.82) is 0 Å². The molecule has 3 aliphatic rings. The number of pyridine rings is 2. The lowest BCUT2D eigenvalue weighted by Crippen LogP contribution is -2.45. The predicted molar refractivity (Wildman–Crippen MR) is 181 cm³/mol. The van der Waals surface area contributed by atoms with Gasteiger partial charge in [0.1, 0.15) is 17.0 Å². The van der Waals surface area contributed by atoms with Crippen LogP contribution in [0.3, 0.4) is 0 Å². The van der Waals surface area contributed by atoms with E-state index in [2.05, 4.69) is 26.4 Å². The minimum atomic E-state index is -0.272. The predicted octanol–water partition coefficient (Wildman–Crippen LogP) is 5.70. The molecule has 3 N–H and O–H groups in total. The van der Waals surface area contributed by atoms with E-state index < -0.39 is 0 Å². The van der Waals surface area contributed by atoms with Crippen LogP contribution in [0.1, 0.15) is 89.5 Å². The molecule has 8 rings (SSSR count). The van der Waals surface area contributed by atoms with Crippen molar-refractivity contribution in [1.82, 2.24) is 29.2 Å². The van der Waals surface area contributed by atoms with E-state index in [1.807, 2.05) is 60.4 Å². The van der Waals surface area contributed by atoms with Crippen LogP contribution in [-0.2, 0) is 6.54 Å². The molecule has 47 heavy (non-hydrogen) atoms. The van der Waals surface area contributed by atoms with Crippen molar-refractivity contribution in [3.05, 3.63) is 83.2 Å². The summed E-state index contributed by atoms with van der Waals surface area (Å²) in [5.74, 6) is 1.41. The van der Waals surface area contributed by atoms with Crippen LogP contribution in [0.4, 0.5) is 0 Å². The molecule has 2 amide bonds. The first-order valence-corrected chi connectivity index (χ1v) is 16.9. The van der Waals surface area contributed by atoms with Gasteiger partial charge in [-0.3, -0.25) is 14.0 Å². The van der Waals surface area contributed by atoms with Crippen molar-refractivity contribution >= 4 is 28.5 Å². The molecule has 5 heterocycles. The highest BCUT2D eigenvalue weighted by Crippen LogP contribution is 2.47. The van der Waals surface area contributed by atoms with E-state index in [4.69, 9.17) is 20.4 Å². The third kappa shape index (κ3) is 5.65. The van der Waals surface area contributed by atoms with E-state index in [9.17, 15) is 9.59 Å². The molecule has 10 heteroatoms. The number of nitrogens with one attached hydrogen (secondary N) is 1. The monoisotopic (exact) mass is 631 g/mol. The number of carbonyl (C=O) groups is 2. The van der Waals surface area contributed by atoms with E-state index in [0.29, 0.717) is 47.6 Å². The number of imidazole rings is 1. The lowest BCUT2D eigenvalue weighted by atomic mass is 10.1. The minimum absolute atomic E-state index is 0.00320. The molecule has 1 saturated heterocycles. The van der Waals surface area contributed by atoms with Crippen molar-refractivity contribution in [3.8, 4) is 17.3 Å². The Bertz CT molecular complexity index is 1990. The maximum atomic E-state index is 13.6. The second-order valence-electron chi connectivity index (χ2n) is 13.5. The Hall–Kier alpha value is -4.70. The highest BCUT2D eigenvalue weighted by Gasteiger charge is 2.35. The second-order valence-corrected chi connectivity index (χ2v) is 13.5. The molecule has 2 aliphatic carbocycles. The molecule has 0 unspecified atom stereocenters. The Morgan fingerprint density at radius 2 is 1.81 bits per heavy atom. The summed E-state index contributed by atoms with van der Waals surface area (Å²) in [7, 11) is 1.66. The molecule has 242 valence electrons. The molecule has 1 aliphatic heterocycles. The molecule has 0 spiro atoms. The average molecular weight is 632 g/mol. The number of rotatable bonds is 9. The molecule has 5 aromatic rings. The number of nitrogens with two attached hydrogens (primary N) is 1. The van der Waals surface area contributed by atoms with Gasteiger partial charge in [-0.1, -0.05) is 18.2 Å². The first kappa shape index (κ1) is 29.7. The summed E-state index contributed by atoms with van der Waals surface area (Å²) in [6.45, 7) is 4.09. The Morgan fingerprint density at radius 1 is 1.00 bits per heavy atom. The summed E-state index contributed by atoms with van der Waals surface area (Å²) in [5.41, 5.74) is 12.9. The van der Waals surface area contributed by atoms with E-state index in [0.717, 1.165) is 66.0 Å². The summed E-state index contributed by atoms with van der Waals surface area (Å²) >= 11 is 0. The maximum Gasteiger partial charge on any atom is 0.254 e. The van der Waals surface area contributed by atoms with Gasteiger partial charge in [-0.15, -0.1) is 0 Å². The molecule has 0 bridgehead atoms. The van der Waals surface area contributed by atoms with Crippen LogP contribution in [0.25, 0.3) is 28.1 Å². The number of fused-ring (bicyclic) bond motifs is 2. The van der Waals surface area contributed by atoms with Gasteiger partial charge in [-0.25, -0.2) is 9.97 Å². The first-order chi connectivity index (χ1) is 22.9. The van der Waals surface area contributed by atoms with Crippen LogP contribution >= 0.6 is 0 Å². The fourth-order valence-corrected chi connectivity index (χ4v) is 7.00. The molecular formula is C37H41N7O3. The zero-order chi connectivity index (χ0) is 32.2. The van der Waals surface area contributed by atoms with Gasteiger partial charge in [0.15, 0.2) is 5.88 Å². The van der Waals surface area contributed by atoms with Crippen molar-refractivity contribution < 1.29 is 14.3 Å². The summed E-state index contributed by atoms with van der Waals surface area (Å²) in [6, 6.07) is 19.1. The fraction of sp³-hybridized carbons (Fsp3) is 0.405. The van der Waals surface area contributed by atoms with Crippen molar-refractivity contribution in [2.24, 2.45) is 11.7 Å². The molecule has 4 aromatic heterocycles. The maximum absolute atomic E-state index is 13.6. The molecule has 2 atom stereocenters. The first-order valence-electron chi connectivity index (χ1n) is 16.9. The van der Waals surface area contributed by atoms with Gasteiger partial charge in [0.05, 0.1) is 30.2 Å². The SMILES string of the molecule is COc1cc(C(=O)N2CCC[C@@H](N)C2)cc2nc(-c3cc4ccc([C@@H](C)NC(=O)c5ccccc5)nc4n3CC3CC3)c(C3CC3)n12. The van der Waals surface area contributed by atoms with Crippen LogP contribution in [0.5, 0.6) is 5.88 Å². The largest absolute Gasteiger partial charge is 0.482 e. The number of hydrogen-bond acceptors (Lipinski definition) is 6. The van der Waals surface area contributed by atoms with Crippen LogP contribution in [0.15, 0.2) is 60.7 Å². The highest BCUT2D eigenvalue weighted by atomic mass is 16.5. The number of ether oxygens (including phenoxy) is 1. The van der Waals surface area contributed by atoms with Gasteiger partial charge in [0.25, 0.3) is 11.8 Å². The normalized spacial score (nSPS) is 18.9. The lowest BCUT2D eigenvalue weighted by Gasteiger charge is -2.30. The molecule has 10 nitrogen and oxygen atoms in total. The zero-order valence-electron chi connectivity index (χ0n) is 27.0. The van der Waals surface area contributed by atoms with Crippen LogP contribution in [0, 0.1) is 5.92 Å². The smallest absolute Gasteiger partial charge is 0.254 e. The lowest BCUT2D eigenvalue weighted by molar-refractivity contribution is 0.0708.